The van der Waals surface area contributed by atoms with Crippen LogP contribution in [0.2, 0.25) is 0 Å². The second-order valence-corrected chi connectivity index (χ2v) is 3.45. The van der Waals surface area contributed by atoms with E-state index in [0.717, 1.165) is 29.9 Å². The average molecular weight is 206 g/mol. The second kappa shape index (κ2) is 3.73. The molecule has 0 aromatic heterocycles. The van der Waals surface area contributed by atoms with Gasteiger partial charge in [0.1, 0.15) is 5.75 Å². The summed E-state index contributed by atoms with van der Waals surface area (Å²) in [5.41, 5.74) is 2.03. The van der Waals surface area contributed by atoms with Crippen LogP contribution >= 0.6 is 11.6 Å². The largest absolute Gasteiger partial charge is 0.493 e. The summed E-state index contributed by atoms with van der Waals surface area (Å²) in [5.74, 6) is 0.926. The summed E-state index contributed by atoms with van der Waals surface area (Å²) < 4.78 is 5.37. The summed E-state index contributed by atoms with van der Waals surface area (Å²) >= 11 is 5.91. The highest BCUT2D eigenvalue weighted by Gasteiger charge is 2.12. The van der Waals surface area contributed by atoms with Gasteiger partial charge in [-0.15, -0.1) is 0 Å². The zero-order chi connectivity index (χ0) is 9.97. The van der Waals surface area contributed by atoms with Crippen molar-refractivity contribution in [3.63, 3.8) is 0 Å². The number of rotatable bonds is 1. The molecule has 3 heteroatoms. The predicted molar refractivity (Wildman–Crippen MR) is 55.1 cm³/mol. The highest BCUT2D eigenvalue weighted by molar-refractivity contribution is 6.49. The fourth-order valence-electron chi connectivity index (χ4n) is 1.48. The molecular weight excluding hydrogens is 198 g/mol. The standard InChI is InChI=1S/C11H8ClNO/c12-10(3-5-13)8-1-2-11-9(7-8)4-6-14-11/h1-3,7H,4,6H2. The second-order valence-electron chi connectivity index (χ2n) is 3.04. The van der Waals surface area contributed by atoms with E-state index in [2.05, 4.69) is 0 Å². The number of ether oxygens (including phenoxy) is 1. The maximum absolute atomic E-state index is 8.46. The van der Waals surface area contributed by atoms with Crippen LogP contribution in [0.3, 0.4) is 0 Å². The van der Waals surface area contributed by atoms with Crippen LogP contribution in [-0.4, -0.2) is 6.61 Å². The van der Waals surface area contributed by atoms with Crippen molar-refractivity contribution < 1.29 is 4.74 Å². The monoisotopic (exact) mass is 205 g/mol. The number of hydrogen-bond donors (Lipinski definition) is 0. The van der Waals surface area contributed by atoms with Crippen molar-refractivity contribution in [1.29, 1.82) is 5.26 Å². The highest BCUT2D eigenvalue weighted by Crippen LogP contribution is 2.29. The van der Waals surface area contributed by atoms with Gasteiger partial charge in [0.05, 0.1) is 17.7 Å². The molecule has 1 aromatic rings. The van der Waals surface area contributed by atoms with Crippen molar-refractivity contribution >= 4 is 16.6 Å². The average Bonchev–Trinajstić information content (AvgIpc) is 2.64. The molecule has 1 aliphatic rings. The van der Waals surface area contributed by atoms with E-state index in [-0.39, 0.29) is 0 Å². The van der Waals surface area contributed by atoms with Crippen molar-refractivity contribution in [2.24, 2.45) is 0 Å². The Bertz CT molecular complexity index is 431. The number of nitriles is 1. The molecule has 0 fully saturated rings. The van der Waals surface area contributed by atoms with Crippen molar-refractivity contribution in [3.05, 3.63) is 35.4 Å². The molecule has 1 aliphatic heterocycles. The Balaban J connectivity index is 2.39. The van der Waals surface area contributed by atoms with Crippen LogP contribution < -0.4 is 4.74 Å². The van der Waals surface area contributed by atoms with Crippen LogP contribution in [0.1, 0.15) is 11.1 Å². The van der Waals surface area contributed by atoms with E-state index in [4.69, 9.17) is 21.6 Å². The fourth-order valence-corrected chi connectivity index (χ4v) is 1.64. The van der Waals surface area contributed by atoms with Crippen LogP contribution in [0.5, 0.6) is 5.75 Å². The molecule has 2 nitrogen and oxygen atoms in total. The summed E-state index contributed by atoms with van der Waals surface area (Å²) in [7, 11) is 0. The van der Waals surface area contributed by atoms with E-state index in [1.165, 1.54) is 6.08 Å². The van der Waals surface area contributed by atoms with Crippen molar-refractivity contribution in [3.8, 4) is 11.8 Å². The van der Waals surface area contributed by atoms with E-state index in [1.54, 1.807) is 0 Å². The lowest BCUT2D eigenvalue weighted by molar-refractivity contribution is 0.357. The molecule has 0 amide bonds. The quantitative estimate of drug-likeness (QED) is 0.661. The van der Waals surface area contributed by atoms with Crippen LogP contribution in [0.15, 0.2) is 24.3 Å². The number of fused-ring (bicyclic) bond motifs is 1. The summed E-state index contributed by atoms with van der Waals surface area (Å²) in [6, 6.07) is 7.63. The molecule has 0 saturated carbocycles. The van der Waals surface area contributed by atoms with Crippen LogP contribution in [0.4, 0.5) is 0 Å². The van der Waals surface area contributed by atoms with Gasteiger partial charge in [-0.25, -0.2) is 0 Å². The Morgan fingerprint density at radius 1 is 1.57 bits per heavy atom. The van der Waals surface area contributed by atoms with Gasteiger partial charge in [0.15, 0.2) is 0 Å². The number of hydrogen-bond acceptors (Lipinski definition) is 2. The molecule has 0 spiro atoms. The number of benzene rings is 1. The molecule has 1 aromatic carbocycles. The lowest BCUT2D eigenvalue weighted by Gasteiger charge is -2.01. The van der Waals surface area contributed by atoms with Gasteiger partial charge in [-0.1, -0.05) is 11.6 Å². The molecule has 70 valence electrons. The van der Waals surface area contributed by atoms with Gasteiger partial charge >= 0.3 is 0 Å². The molecule has 1 heterocycles. The van der Waals surface area contributed by atoms with Crippen molar-refractivity contribution in [2.75, 3.05) is 6.61 Å². The van der Waals surface area contributed by atoms with Gasteiger partial charge in [0.25, 0.3) is 0 Å². The molecule has 0 saturated heterocycles. The minimum Gasteiger partial charge on any atom is -0.493 e. The molecule has 0 aliphatic carbocycles. The fraction of sp³-hybridized carbons (Fsp3) is 0.182. The van der Waals surface area contributed by atoms with E-state index in [0.29, 0.717) is 5.03 Å². The first-order chi connectivity index (χ1) is 6.81. The van der Waals surface area contributed by atoms with Gasteiger partial charge in [0, 0.05) is 12.5 Å². The van der Waals surface area contributed by atoms with Gasteiger partial charge in [0.2, 0.25) is 0 Å². The Labute approximate surface area is 87.4 Å². The van der Waals surface area contributed by atoms with Crippen LogP contribution in [0.25, 0.3) is 5.03 Å². The molecule has 14 heavy (non-hydrogen) atoms. The van der Waals surface area contributed by atoms with Gasteiger partial charge < -0.3 is 4.74 Å². The zero-order valence-corrected chi connectivity index (χ0v) is 8.21. The van der Waals surface area contributed by atoms with Gasteiger partial charge in [-0.2, -0.15) is 5.26 Å². The number of nitrogens with zero attached hydrogens (tertiary/aromatic N) is 1. The van der Waals surface area contributed by atoms with Gasteiger partial charge in [-0.05, 0) is 29.3 Å². The summed E-state index contributed by atoms with van der Waals surface area (Å²) in [6.07, 6.45) is 2.25. The predicted octanol–water partition coefficient (Wildman–Crippen LogP) is 2.72. The molecule has 2 rings (SSSR count). The molecule has 0 atom stereocenters. The lowest BCUT2D eigenvalue weighted by Crippen LogP contribution is -1.85. The maximum atomic E-state index is 8.46. The smallest absolute Gasteiger partial charge is 0.122 e. The van der Waals surface area contributed by atoms with Crippen molar-refractivity contribution in [2.45, 2.75) is 6.42 Å². The first-order valence-corrected chi connectivity index (χ1v) is 4.70. The molecule has 0 unspecified atom stereocenters. The third-order valence-electron chi connectivity index (χ3n) is 2.16. The third-order valence-corrected chi connectivity index (χ3v) is 2.48. The third kappa shape index (κ3) is 1.59. The van der Waals surface area contributed by atoms with E-state index < -0.39 is 0 Å². The minimum atomic E-state index is 0.474. The minimum absolute atomic E-state index is 0.474. The van der Waals surface area contributed by atoms with Crippen LogP contribution in [-0.2, 0) is 6.42 Å². The van der Waals surface area contributed by atoms with E-state index >= 15 is 0 Å². The van der Waals surface area contributed by atoms with Crippen molar-refractivity contribution in [1.82, 2.24) is 0 Å². The highest BCUT2D eigenvalue weighted by atomic mass is 35.5. The summed E-state index contributed by atoms with van der Waals surface area (Å²) in [5, 5.41) is 8.93. The maximum Gasteiger partial charge on any atom is 0.122 e. The number of allylic oxidation sites excluding steroid dienone is 1. The van der Waals surface area contributed by atoms with E-state index in [9.17, 15) is 0 Å². The first-order valence-electron chi connectivity index (χ1n) is 4.32. The SMILES string of the molecule is N#CC=C(Cl)c1ccc2c(c1)CCO2. The lowest BCUT2D eigenvalue weighted by atomic mass is 10.1. The van der Waals surface area contributed by atoms with Crippen LogP contribution in [0, 0.1) is 11.3 Å². The Kier molecular flexibility index (Phi) is 2.43. The van der Waals surface area contributed by atoms with Gasteiger partial charge in [-0.3, -0.25) is 0 Å². The molecule has 0 bridgehead atoms. The Morgan fingerprint density at radius 3 is 3.21 bits per heavy atom. The summed E-state index contributed by atoms with van der Waals surface area (Å²) in [4.78, 5) is 0. The Morgan fingerprint density at radius 2 is 2.43 bits per heavy atom. The Hall–Kier alpha value is -1.46. The van der Waals surface area contributed by atoms with E-state index in [1.807, 2.05) is 24.3 Å². The topological polar surface area (TPSA) is 33.0 Å². The normalized spacial score (nSPS) is 14.4. The molecular formula is C11H8ClNO. The molecule has 0 radical (unpaired) electrons. The number of halogens is 1. The zero-order valence-electron chi connectivity index (χ0n) is 7.46. The summed E-state index contributed by atoms with van der Waals surface area (Å²) in [6.45, 7) is 0.734. The first kappa shape index (κ1) is 9.11. The molecule has 0 N–H and O–H groups in total.